The smallest absolute Gasteiger partial charge is 0.233 e. The van der Waals surface area contributed by atoms with E-state index in [4.69, 9.17) is 11.6 Å². The Balaban J connectivity index is 1.65. The lowest BCUT2D eigenvalue weighted by molar-refractivity contribution is -0.128. The average molecular weight is 396 g/mol. The van der Waals surface area contributed by atoms with Crippen molar-refractivity contribution in [3.8, 4) is 0 Å². The van der Waals surface area contributed by atoms with Crippen molar-refractivity contribution >= 4 is 40.3 Å². The van der Waals surface area contributed by atoms with Gasteiger partial charge in [0.1, 0.15) is 0 Å². The third kappa shape index (κ3) is 3.99. The van der Waals surface area contributed by atoms with Crippen molar-refractivity contribution in [2.45, 2.75) is 18.1 Å². The van der Waals surface area contributed by atoms with E-state index in [9.17, 15) is 13.6 Å². The molecule has 136 valence electrons. The molecule has 3 rings (SSSR count). The minimum Gasteiger partial charge on any atom is -0.338 e. The largest absolute Gasteiger partial charge is 0.338 e. The summed E-state index contributed by atoms with van der Waals surface area (Å²) in [4.78, 5) is 21.1. The van der Waals surface area contributed by atoms with Crippen LogP contribution >= 0.6 is 23.4 Å². The fourth-order valence-electron chi connectivity index (χ4n) is 2.46. The summed E-state index contributed by atoms with van der Waals surface area (Å²) in [7, 11) is 1.73. The second-order valence-corrected chi connectivity index (χ2v) is 7.25. The van der Waals surface area contributed by atoms with Crippen LogP contribution in [-0.4, -0.2) is 33.6 Å². The molecule has 0 bridgehead atoms. The zero-order valence-corrected chi connectivity index (χ0v) is 15.7. The zero-order chi connectivity index (χ0) is 18.8. The SMILES string of the molecule is CC(c1ccc(Cl)cc1)N(C)C(=O)CSc1nc2cc(F)c(F)cc2[nH]1. The molecule has 0 fully saturated rings. The molecule has 4 nitrogen and oxygen atoms in total. The summed E-state index contributed by atoms with van der Waals surface area (Å²) >= 11 is 7.07. The van der Waals surface area contributed by atoms with Crippen LogP contribution in [0.4, 0.5) is 8.78 Å². The highest BCUT2D eigenvalue weighted by Crippen LogP contribution is 2.24. The van der Waals surface area contributed by atoms with Crippen molar-refractivity contribution in [2.75, 3.05) is 12.8 Å². The Kier molecular flexibility index (Phi) is 5.48. The first kappa shape index (κ1) is 18.7. The Morgan fingerprint density at radius 2 is 1.92 bits per heavy atom. The van der Waals surface area contributed by atoms with Gasteiger partial charge in [-0.05, 0) is 24.6 Å². The van der Waals surface area contributed by atoms with Gasteiger partial charge in [-0.15, -0.1) is 0 Å². The van der Waals surface area contributed by atoms with Gasteiger partial charge < -0.3 is 9.88 Å². The molecule has 0 aliphatic carbocycles. The number of carbonyl (C=O) groups is 1. The lowest BCUT2D eigenvalue weighted by atomic mass is 10.1. The number of halogens is 3. The number of hydrogen-bond acceptors (Lipinski definition) is 3. The van der Waals surface area contributed by atoms with Gasteiger partial charge in [-0.25, -0.2) is 13.8 Å². The van der Waals surface area contributed by atoms with Crippen molar-refractivity contribution in [3.63, 3.8) is 0 Å². The number of imidazole rings is 1. The highest BCUT2D eigenvalue weighted by atomic mass is 35.5. The third-order valence-electron chi connectivity index (χ3n) is 4.16. The number of H-pyrrole nitrogens is 1. The molecule has 1 N–H and O–H groups in total. The Morgan fingerprint density at radius 3 is 2.62 bits per heavy atom. The molecule has 0 saturated carbocycles. The Labute approximate surface area is 158 Å². The summed E-state index contributed by atoms with van der Waals surface area (Å²) in [6.45, 7) is 1.93. The van der Waals surface area contributed by atoms with E-state index < -0.39 is 11.6 Å². The highest BCUT2D eigenvalue weighted by molar-refractivity contribution is 7.99. The van der Waals surface area contributed by atoms with Crippen LogP contribution in [0.2, 0.25) is 5.02 Å². The summed E-state index contributed by atoms with van der Waals surface area (Å²) < 4.78 is 26.5. The number of hydrogen-bond donors (Lipinski definition) is 1. The maximum Gasteiger partial charge on any atom is 0.233 e. The minimum absolute atomic E-state index is 0.0877. The monoisotopic (exact) mass is 395 g/mol. The molecule has 8 heteroatoms. The summed E-state index contributed by atoms with van der Waals surface area (Å²) in [5.41, 5.74) is 1.69. The van der Waals surface area contributed by atoms with Crippen molar-refractivity contribution in [2.24, 2.45) is 0 Å². The van der Waals surface area contributed by atoms with Crippen molar-refractivity contribution in [1.82, 2.24) is 14.9 Å². The van der Waals surface area contributed by atoms with Crippen molar-refractivity contribution in [1.29, 1.82) is 0 Å². The number of nitrogens with zero attached hydrogens (tertiary/aromatic N) is 2. The number of rotatable bonds is 5. The molecule has 0 aliphatic heterocycles. The van der Waals surface area contributed by atoms with Gasteiger partial charge in [-0.1, -0.05) is 35.5 Å². The van der Waals surface area contributed by atoms with Crippen LogP contribution in [0.3, 0.4) is 0 Å². The Hall–Kier alpha value is -2.12. The number of fused-ring (bicyclic) bond motifs is 1. The third-order valence-corrected chi connectivity index (χ3v) is 5.27. The van der Waals surface area contributed by atoms with Gasteiger partial charge in [0.05, 0.1) is 22.8 Å². The molecule has 2 aromatic carbocycles. The van der Waals surface area contributed by atoms with Gasteiger partial charge in [0.2, 0.25) is 5.91 Å². The van der Waals surface area contributed by atoms with Crippen LogP contribution in [-0.2, 0) is 4.79 Å². The van der Waals surface area contributed by atoms with E-state index in [1.165, 1.54) is 11.8 Å². The molecule has 1 aromatic heterocycles. The van der Waals surface area contributed by atoms with Crippen LogP contribution < -0.4 is 0 Å². The lowest BCUT2D eigenvalue weighted by Gasteiger charge is -2.25. The summed E-state index contributed by atoms with van der Waals surface area (Å²) in [6.07, 6.45) is 0. The number of thioether (sulfide) groups is 1. The number of aromatic amines is 1. The predicted octanol–water partition coefficient (Wildman–Crippen LogP) is 4.81. The minimum atomic E-state index is -0.951. The van der Waals surface area contributed by atoms with E-state index in [0.29, 0.717) is 21.2 Å². The standard InChI is InChI=1S/C18H16ClF2N3OS/c1-10(11-3-5-12(19)6-4-11)24(2)17(25)9-26-18-22-15-7-13(20)14(21)8-16(15)23-18/h3-8,10H,9H2,1-2H3,(H,22,23). The fourth-order valence-corrected chi connectivity index (χ4v) is 3.40. The first-order valence-electron chi connectivity index (χ1n) is 7.84. The lowest BCUT2D eigenvalue weighted by Crippen LogP contribution is -2.31. The molecule has 0 spiro atoms. The van der Waals surface area contributed by atoms with Gasteiger partial charge in [-0.3, -0.25) is 4.79 Å². The summed E-state index contributed by atoms with van der Waals surface area (Å²) in [6, 6.07) is 9.30. The number of carbonyl (C=O) groups excluding carboxylic acids is 1. The molecule has 0 radical (unpaired) electrons. The van der Waals surface area contributed by atoms with Crippen LogP contribution in [0.1, 0.15) is 18.5 Å². The molecule has 26 heavy (non-hydrogen) atoms. The van der Waals surface area contributed by atoms with Gasteiger partial charge in [0.25, 0.3) is 0 Å². The molecule has 1 unspecified atom stereocenters. The molecule has 3 aromatic rings. The number of nitrogens with one attached hydrogen (secondary N) is 1. The number of benzene rings is 2. The van der Waals surface area contributed by atoms with Crippen molar-refractivity contribution < 1.29 is 13.6 Å². The average Bonchev–Trinajstić information content (AvgIpc) is 3.01. The van der Waals surface area contributed by atoms with Crippen molar-refractivity contribution in [3.05, 3.63) is 58.6 Å². The van der Waals surface area contributed by atoms with E-state index in [0.717, 1.165) is 17.7 Å². The van der Waals surface area contributed by atoms with Crippen LogP contribution in [0.25, 0.3) is 11.0 Å². The van der Waals surface area contributed by atoms with E-state index in [2.05, 4.69) is 9.97 Å². The maximum atomic E-state index is 13.3. The molecule has 0 aliphatic rings. The Bertz CT molecular complexity index is 907. The topological polar surface area (TPSA) is 49.0 Å². The van der Waals surface area contributed by atoms with Gasteiger partial charge in [0, 0.05) is 24.2 Å². The molecular weight excluding hydrogens is 380 g/mol. The normalized spacial score (nSPS) is 12.3. The first-order valence-corrected chi connectivity index (χ1v) is 9.20. The maximum absolute atomic E-state index is 13.3. The fraction of sp³-hybridized carbons (Fsp3) is 0.222. The molecule has 1 amide bonds. The molecule has 1 atom stereocenters. The van der Waals surface area contributed by atoms with E-state index in [1.54, 1.807) is 24.1 Å². The zero-order valence-electron chi connectivity index (χ0n) is 14.1. The quantitative estimate of drug-likeness (QED) is 0.631. The first-order chi connectivity index (χ1) is 12.3. The van der Waals surface area contributed by atoms with Gasteiger partial charge in [0.15, 0.2) is 16.8 Å². The van der Waals surface area contributed by atoms with Crippen LogP contribution in [0, 0.1) is 11.6 Å². The highest BCUT2D eigenvalue weighted by Gasteiger charge is 2.18. The van der Waals surface area contributed by atoms with Gasteiger partial charge >= 0.3 is 0 Å². The summed E-state index contributed by atoms with van der Waals surface area (Å²) in [5.74, 6) is -1.83. The second kappa shape index (κ2) is 7.63. The molecule has 0 saturated heterocycles. The number of aromatic nitrogens is 2. The second-order valence-electron chi connectivity index (χ2n) is 5.85. The van der Waals surface area contributed by atoms with Crippen LogP contribution in [0.15, 0.2) is 41.6 Å². The van der Waals surface area contributed by atoms with E-state index in [1.807, 2.05) is 19.1 Å². The van der Waals surface area contributed by atoms with E-state index in [-0.39, 0.29) is 17.7 Å². The predicted molar refractivity (Wildman–Crippen MR) is 99.4 cm³/mol. The molecule has 1 heterocycles. The Morgan fingerprint density at radius 1 is 1.27 bits per heavy atom. The van der Waals surface area contributed by atoms with Gasteiger partial charge in [-0.2, -0.15) is 0 Å². The number of amides is 1. The summed E-state index contributed by atoms with van der Waals surface area (Å²) in [5, 5.41) is 1.08. The van der Waals surface area contributed by atoms with Crippen LogP contribution in [0.5, 0.6) is 0 Å². The van der Waals surface area contributed by atoms with E-state index >= 15 is 0 Å². The molecular formula is C18H16ClF2N3OS.